The van der Waals surface area contributed by atoms with E-state index in [4.69, 9.17) is 5.73 Å². The van der Waals surface area contributed by atoms with E-state index in [9.17, 15) is 4.79 Å². The van der Waals surface area contributed by atoms with Gasteiger partial charge in [0.1, 0.15) is 6.61 Å². The molecule has 2 N–H and O–H groups in total. The van der Waals surface area contributed by atoms with Crippen molar-refractivity contribution in [1.82, 2.24) is 0 Å². The van der Waals surface area contributed by atoms with Crippen molar-refractivity contribution < 1.29 is 9.53 Å². The third-order valence-electron chi connectivity index (χ3n) is 1.30. The van der Waals surface area contributed by atoms with Crippen molar-refractivity contribution in [2.24, 2.45) is 5.73 Å². The summed E-state index contributed by atoms with van der Waals surface area (Å²) >= 11 is 3.75. The average molecular weight is 193 g/mol. The molecule has 1 amide bonds. The monoisotopic (exact) mass is 193 g/mol. The fourth-order valence-corrected chi connectivity index (χ4v) is 3.36. The minimum absolute atomic E-state index is 0.446. The first-order valence-corrected chi connectivity index (χ1v) is 5.61. The van der Waals surface area contributed by atoms with Gasteiger partial charge in [-0.1, -0.05) is 0 Å². The fourth-order valence-electron chi connectivity index (χ4n) is 0.808. The number of thioether (sulfide) groups is 2. The molecule has 0 aromatic rings. The van der Waals surface area contributed by atoms with E-state index in [1.54, 1.807) is 0 Å². The summed E-state index contributed by atoms with van der Waals surface area (Å²) in [5, 5.41) is 0.446. The van der Waals surface area contributed by atoms with Gasteiger partial charge in [0.2, 0.25) is 0 Å². The number of amides is 1. The lowest BCUT2D eigenvalue weighted by atomic mass is 10.5. The Kier molecular flexibility index (Phi) is 3.93. The molecule has 1 heterocycles. The molecule has 0 aromatic carbocycles. The highest BCUT2D eigenvalue weighted by Gasteiger charge is 2.15. The van der Waals surface area contributed by atoms with E-state index in [0.717, 1.165) is 11.5 Å². The normalized spacial score (nSPS) is 24.5. The molecule has 0 bridgehead atoms. The molecule has 11 heavy (non-hydrogen) atoms. The van der Waals surface area contributed by atoms with Gasteiger partial charge in [0, 0.05) is 22.5 Å². The number of nitrogens with two attached hydrogens (primary N) is 1. The second kappa shape index (κ2) is 4.77. The van der Waals surface area contributed by atoms with E-state index in [2.05, 4.69) is 4.74 Å². The first-order valence-electron chi connectivity index (χ1n) is 3.40. The van der Waals surface area contributed by atoms with Crippen LogP contribution in [0.5, 0.6) is 0 Å². The van der Waals surface area contributed by atoms with Crippen molar-refractivity contribution in [2.75, 3.05) is 23.9 Å². The summed E-state index contributed by atoms with van der Waals surface area (Å²) in [6, 6.07) is 0. The minimum Gasteiger partial charge on any atom is -0.449 e. The average Bonchev–Trinajstić information content (AvgIpc) is 2.03. The molecule has 64 valence electrons. The molecule has 1 rings (SSSR count). The van der Waals surface area contributed by atoms with E-state index >= 15 is 0 Å². The molecule has 0 aliphatic carbocycles. The quantitative estimate of drug-likeness (QED) is 0.709. The van der Waals surface area contributed by atoms with E-state index in [1.807, 2.05) is 23.5 Å². The van der Waals surface area contributed by atoms with Gasteiger partial charge in [-0.3, -0.25) is 0 Å². The molecule has 0 aromatic heterocycles. The number of hydrogen-bond acceptors (Lipinski definition) is 4. The Morgan fingerprint density at radius 1 is 1.64 bits per heavy atom. The molecule has 3 nitrogen and oxygen atoms in total. The summed E-state index contributed by atoms with van der Waals surface area (Å²) in [7, 11) is 0. The summed E-state index contributed by atoms with van der Waals surface area (Å²) in [4.78, 5) is 10.2. The topological polar surface area (TPSA) is 52.3 Å². The van der Waals surface area contributed by atoms with Crippen LogP contribution in [-0.4, -0.2) is 35.2 Å². The molecule has 1 fully saturated rings. The molecule has 5 heteroatoms. The van der Waals surface area contributed by atoms with E-state index in [0.29, 0.717) is 11.9 Å². The molecule has 1 unspecified atom stereocenters. The van der Waals surface area contributed by atoms with Gasteiger partial charge in [0.15, 0.2) is 0 Å². The Hall–Kier alpha value is -0.0300. The molecule has 1 atom stereocenters. The highest BCUT2D eigenvalue weighted by atomic mass is 32.2. The van der Waals surface area contributed by atoms with Crippen molar-refractivity contribution in [2.45, 2.75) is 5.25 Å². The van der Waals surface area contributed by atoms with Crippen LogP contribution in [-0.2, 0) is 4.74 Å². The molecule has 0 radical (unpaired) electrons. The molecule has 1 aliphatic rings. The van der Waals surface area contributed by atoms with Crippen LogP contribution in [0.2, 0.25) is 0 Å². The van der Waals surface area contributed by atoms with E-state index < -0.39 is 6.09 Å². The van der Waals surface area contributed by atoms with Crippen LogP contribution in [0.15, 0.2) is 0 Å². The van der Waals surface area contributed by atoms with Crippen molar-refractivity contribution in [3.05, 3.63) is 0 Å². The maximum Gasteiger partial charge on any atom is 0.404 e. The first kappa shape index (κ1) is 9.06. The highest BCUT2D eigenvalue weighted by molar-refractivity contribution is 8.06. The van der Waals surface area contributed by atoms with Crippen LogP contribution >= 0.6 is 23.5 Å². The van der Waals surface area contributed by atoms with Gasteiger partial charge in [0.05, 0.1) is 0 Å². The molecular weight excluding hydrogens is 182 g/mol. The Bertz CT molecular complexity index is 137. The zero-order chi connectivity index (χ0) is 8.10. The number of ether oxygens (including phenoxy) is 1. The number of primary amides is 1. The van der Waals surface area contributed by atoms with Crippen LogP contribution < -0.4 is 5.73 Å². The van der Waals surface area contributed by atoms with Crippen LogP contribution in [0.25, 0.3) is 0 Å². The zero-order valence-electron chi connectivity index (χ0n) is 6.12. The number of rotatable bonds is 2. The molecule has 0 spiro atoms. The van der Waals surface area contributed by atoms with Gasteiger partial charge in [-0.2, -0.15) is 23.5 Å². The number of carbonyl (C=O) groups excluding carboxylic acids is 1. The third kappa shape index (κ3) is 3.76. The maximum absolute atomic E-state index is 10.2. The third-order valence-corrected chi connectivity index (χ3v) is 4.11. The second-order valence-corrected chi connectivity index (χ2v) is 4.76. The Labute approximate surface area is 74.4 Å². The van der Waals surface area contributed by atoms with Gasteiger partial charge >= 0.3 is 6.09 Å². The van der Waals surface area contributed by atoms with Crippen LogP contribution in [0.1, 0.15) is 0 Å². The second-order valence-electron chi connectivity index (χ2n) is 2.20. The Morgan fingerprint density at radius 2 is 2.45 bits per heavy atom. The van der Waals surface area contributed by atoms with Gasteiger partial charge in [-0.05, 0) is 0 Å². The summed E-state index contributed by atoms with van der Waals surface area (Å²) in [6.07, 6.45) is -0.666. The Morgan fingerprint density at radius 3 is 3.00 bits per heavy atom. The van der Waals surface area contributed by atoms with Crippen molar-refractivity contribution in [1.29, 1.82) is 0 Å². The number of hydrogen-bond donors (Lipinski definition) is 1. The van der Waals surface area contributed by atoms with Gasteiger partial charge in [-0.15, -0.1) is 0 Å². The lowest BCUT2D eigenvalue weighted by molar-refractivity contribution is 0.158. The van der Waals surface area contributed by atoms with E-state index in [-0.39, 0.29) is 0 Å². The van der Waals surface area contributed by atoms with Gasteiger partial charge in [0.25, 0.3) is 0 Å². The fraction of sp³-hybridized carbons (Fsp3) is 0.833. The predicted octanol–water partition coefficient (Wildman–Crippen LogP) is 0.930. The molecule has 0 saturated carbocycles. The highest BCUT2D eigenvalue weighted by Crippen LogP contribution is 2.23. The minimum atomic E-state index is -0.666. The van der Waals surface area contributed by atoms with Crippen molar-refractivity contribution >= 4 is 29.6 Å². The lowest BCUT2D eigenvalue weighted by Gasteiger charge is -2.19. The van der Waals surface area contributed by atoms with Crippen LogP contribution in [0.4, 0.5) is 4.79 Å². The largest absolute Gasteiger partial charge is 0.449 e. The van der Waals surface area contributed by atoms with Crippen molar-refractivity contribution in [3.8, 4) is 0 Å². The van der Waals surface area contributed by atoms with Crippen molar-refractivity contribution in [3.63, 3.8) is 0 Å². The smallest absolute Gasteiger partial charge is 0.404 e. The molecule has 1 saturated heterocycles. The number of carbonyl (C=O) groups is 1. The summed E-state index contributed by atoms with van der Waals surface area (Å²) in [6.45, 7) is 0.465. The Balaban J connectivity index is 2.09. The summed E-state index contributed by atoms with van der Waals surface area (Å²) < 4.78 is 4.69. The maximum atomic E-state index is 10.2. The van der Waals surface area contributed by atoms with Gasteiger partial charge in [-0.25, -0.2) is 4.79 Å². The molecular formula is C6H11NO2S2. The SMILES string of the molecule is NC(=O)OCC1CSCCS1. The van der Waals surface area contributed by atoms with E-state index in [1.165, 1.54) is 5.75 Å². The van der Waals surface area contributed by atoms with Crippen LogP contribution in [0.3, 0.4) is 0 Å². The molecule has 1 aliphatic heterocycles. The lowest BCUT2D eigenvalue weighted by Crippen LogP contribution is -2.24. The summed E-state index contributed by atoms with van der Waals surface area (Å²) in [5.41, 5.74) is 4.83. The predicted molar refractivity (Wildman–Crippen MR) is 49.1 cm³/mol. The zero-order valence-corrected chi connectivity index (χ0v) is 7.75. The standard InChI is InChI=1S/C6H11NO2S2/c7-6(8)9-3-5-4-10-1-2-11-5/h5H,1-4H2,(H2,7,8). The van der Waals surface area contributed by atoms with Gasteiger partial charge < -0.3 is 10.5 Å². The van der Waals surface area contributed by atoms with Crippen LogP contribution in [0, 0.1) is 0 Å². The first-order chi connectivity index (χ1) is 5.29. The summed E-state index contributed by atoms with van der Waals surface area (Å²) in [5.74, 6) is 3.42.